The van der Waals surface area contributed by atoms with Crippen LogP contribution in [0.15, 0.2) is 0 Å². The third-order valence-electron chi connectivity index (χ3n) is 3.95. The van der Waals surface area contributed by atoms with Crippen LogP contribution in [0.25, 0.3) is 0 Å². The lowest BCUT2D eigenvalue weighted by Crippen LogP contribution is -2.48. The molecule has 1 saturated heterocycles. The highest BCUT2D eigenvalue weighted by molar-refractivity contribution is 7.92. The molecule has 6 heteroatoms. The molecule has 1 atom stereocenters. The smallest absolute Gasteiger partial charge is 0.237 e. The van der Waals surface area contributed by atoms with Crippen LogP contribution in [0.1, 0.15) is 38.5 Å². The van der Waals surface area contributed by atoms with Gasteiger partial charge in [0.15, 0.2) is 9.84 Å². The van der Waals surface area contributed by atoms with E-state index in [0.717, 1.165) is 38.5 Å². The van der Waals surface area contributed by atoms with Gasteiger partial charge >= 0.3 is 0 Å². The van der Waals surface area contributed by atoms with Crippen LogP contribution in [0.2, 0.25) is 0 Å². The summed E-state index contributed by atoms with van der Waals surface area (Å²) in [6, 6.07) is -0.00288. The molecule has 0 aromatic rings. The van der Waals surface area contributed by atoms with Gasteiger partial charge in [0.25, 0.3) is 0 Å². The van der Waals surface area contributed by atoms with Gasteiger partial charge in [-0.25, -0.2) is 8.42 Å². The van der Waals surface area contributed by atoms with Crippen molar-refractivity contribution in [3.05, 3.63) is 0 Å². The number of likely N-dealkylation sites (tertiary alicyclic amines) is 1. The second-order valence-electron chi connectivity index (χ2n) is 5.46. The Kier molecular flexibility index (Phi) is 4.27. The Labute approximate surface area is 109 Å². The molecule has 0 aromatic carbocycles. The van der Waals surface area contributed by atoms with E-state index in [1.807, 2.05) is 0 Å². The van der Waals surface area contributed by atoms with Gasteiger partial charge < -0.3 is 10.6 Å². The SMILES string of the molecule is NC1CCCN(C(=O)CS(=O)(=O)C2CCCC2)C1. The quantitative estimate of drug-likeness (QED) is 0.802. The number of nitrogens with zero attached hydrogens (tertiary/aromatic N) is 1. The van der Waals surface area contributed by atoms with Crippen molar-refractivity contribution in [1.82, 2.24) is 4.90 Å². The van der Waals surface area contributed by atoms with Crippen molar-refractivity contribution < 1.29 is 13.2 Å². The van der Waals surface area contributed by atoms with Gasteiger partial charge in [0.2, 0.25) is 5.91 Å². The lowest BCUT2D eigenvalue weighted by Gasteiger charge is -2.31. The average Bonchev–Trinajstić information content (AvgIpc) is 2.82. The molecule has 1 saturated carbocycles. The summed E-state index contributed by atoms with van der Waals surface area (Å²) >= 11 is 0. The van der Waals surface area contributed by atoms with Crippen LogP contribution in [0.3, 0.4) is 0 Å². The number of carbonyl (C=O) groups is 1. The molecular formula is C12H22N2O3S. The minimum absolute atomic E-state index is 0.00288. The van der Waals surface area contributed by atoms with Gasteiger partial charge in [-0.05, 0) is 25.7 Å². The molecule has 0 spiro atoms. The molecule has 1 heterocycles. The molecule has 0 aromatic heterocycles. The monoisotopic (exact) mass is 274 g/mol. The number of hydrogen-bond acceptors (Lipinski definition) is 4. The third-order valence-corrected chi connectivity index (χ3v) is 6.08. The summed E-state index contributed by atoms with van der Waals surface area (Å²) in [6.07, 6.45) is 5.15. The fraction of sp³-hybridized carbons (Fsp3) is 0.917. The highest BCUT2D eigenvalue weighted by Crippen LogP contribution is 2.25. The summed E-state index contributed by atoms with van der Waals surface area (Å²) in [6.45, 7) is 1.14. The normalized spacial score (nSPS) is 26.5. The van der Waals surface area contributed by atoms with Crippen LogP contribution < -0.4 is 5.73 Å². The van der Waals surface area contributed by atoms with Crippen molar-refractivity contribution in [2.24, 2.45) is 5.73 Å². The first kappa shape index (κ1) is 13.8. The first-order chi connectivity index (χ1) is 8.49. The molecule has 104 valence electrons. The average molecular weight is 274 g/mol. The van der Waals surface area contributed by atoms with Crippen LogP contribution in [-0.2, 0) is 14.6 Å². The van der Waals surface area contributed by atoms with E-state index in [1.54, 1.807) is 4.90 Å². The Morgan fingerprint density at radius 3 is 2.44 bits per heavy atom. The molecule has 5 nitrogen and oxygen atoms in total. The van der Waals surface area contributed by atoms with E-state index in [9.17, 15) is 13.2 Å². The van der Waals surface area contributed by atoms with Crippen molar-refractivity contribution in [1.29, 1.82) is 0 Å². The standard InChI is InChI=1S/C12H22N2O3S/c13-10-4-3-7-14(8-10)12(15)9-18(16,17)11-5-1-2-6-11/h10-11H,1-9,13H2. The van der Waals surface area contributed by atoms with Crippen molar-refractivity contribution in [3.8, 4) is 0 Å². The molecule has 0 radical (unpaired) electrons. The maximum atomic E-state index is 12.1. The minimum Gasteiger partial charge on any atom is -0.340 e. The summed E-state index contributed by atoms with van der Waals surface area (Å²) in [5, 5.41) is -0.292. The Balaban J connectivity index is 1.93. The van der Waals surface area contributed by atoms with Crippen molar-refractivity contribution in [2.75, 3.05) is 18.8 Å². The van der Waals surface area contributed by atoms with Gasteiger partial charge in [0.1, 0.15) is 5.75 Å². The van der Waals surface area contributed by atoms with Gasteiger partial charge in [0, 0.05) is 19.1 Å². The van der Waals surface area contributed by atoms with E-state index >= 15 is 0 Å². The molecule has 2 N–H and O–H groups in total. The number of amides is 1. The van der Waals surface area contributed by atoms with Crippen molar-refractivity contribution >= 4 is 15.7 Å². The zero-order valence-electron chi connectivity index (χ0n) is 10.7. The van der Waals surface area contributed by atoms with E-state index < -0.39 is 9.84 Å². The molecule has 2 aliphatic rings. The van der Waals surface area contributed by atoms with Gasteiger partial charge in [0.05, 0.1) is 5.25 Å². The van der Waals surface area contributed by atoms with Crippen LogP contribution >= 0.6 is 0 Å². The van der Waals surface area contributed by atoms with Crippen LogP contribution in [0.5, 0.6) is 0 Å². The largest absolute Gasteiger partial charge is 0.340 e. The molecule has 2 rings (SSSR count). The summed E-state index contributed by atoms with van der Waals surface area (Å²) in [7, 11) is -3.26. The van der Waals surface area contributed by atoms with Gasteiger partial charge in [-0.1, -0.05) is 12.8 Å². The van der Waals surface area contributed by atoms with Gasteiger partial charge in [-0.15, -0.1) is 0 Å². The van der Waals surface area contributed by atoms with E-state index in [1.165, 1.54) is 0 Å². The van der Waals surface area contributed by atoms with E-state index in [-0.39, 0.29) is 23.0 Å². The van der Waals surface area contributed by atoms with E-state index in [0.29, 0.717) is 13.1 Å². The highest BCUT2D eigenvalue weighted by atomic mass is 32.2. The predicted molar refractivity (Wildman–Crippen MR) is 69.8 cm³/mol. The zero-order chi connectivity index (χ0) is 13.2. The third kappa shape index (κ3) is 3.23. The lowest BCUT2D eigenvalue weighted by molar-refractivity contribution is -0.129. The number of carbonyl (C=O) groups excluding carboxylic acids is 1. The van der Waals surface area contributed by atoms with Crippen molar-refractivity contribution in [2.45, 2.75) is 49.8 Å². The highest BCUT2D eigenvalue weighted by Gasteiger charge is 2.32. The molecule has 18 heavy (non-hydrogen) atoms. The number of piperidine rings is 1. The first-order valence-electron chi connectivity index (χ1n) is 6.74. The van der Waals surface area contributed by atoms with E-state index in [2.05, 4.69) is 0 Å². The lowest BCUT2D eigenvalue weighted by atomic mass is 10.1. The number of sulfone groups is 1. The zero-order valence-corrected chi connectivity index (χ0v) is 11.5. The van der Waals surface area contributed by atoms with Crippen molar-refractivity contribution in [3.63, 3.8) is 0 Å². The maximum absolute atomic E-state index is 12.1. The van der Waals surface area contributed by atoms with Crippen LogP contribution in [0.4, 0.5) is 0 Å². The molecule has 1 aliphatic heterocycles. The Morgan fingerprint density at radius 1 is 1.17 bits per heavy atom. The van der Waals surface area contributed by atoms with E-state index in [4.69, 9.17) is 5.73 Å². The first-order valence-corrected chi connectivity index (χ1v) is 8.45. The summed E-state index contributed by atoms with van der Waals surface area (Å²) in [5.74, 6) is -0.596. The van der Waals surface area contributed by atoms with Gasteiger partial charge in [-0.3, -0.25) is 4.79 Å². The molecule has 1 amide bonds. The number of rotatable bonds is 3. The van der Waals surface area contributed by atoms with Crippen LogP contribution in [0, 0.1) is 0 Å². The Bertz CT molecular complexity index is 402. The molecule has 2 fully saturated rings. The Morgan fingerprint density at radius 2 is 1.83 bits per heavy atom. The molecule has 1 unspecified atom stereocenters. The molecule has 0 bridgehead atoms. The summed E-state index contributed by atoms with van der Waals surface area (Å²) in [4.78, 5) is 13.6. The summed E-state index contributed by atoms with van der Waals surface area (Å²) in [5.41, 5.74) is 5.81. The topological polar surface area (TPSA) is 80.5 Å². The maximum Gasteiger partial charge on any atom is 0.237 e. The molecular weight excluding hydrogens is 252 g/mol. The van der Waals surface area contributed by atoms with Crippen LogP contribution in [-0.4, -0.2) is 49.4 Å². The summed E-state index contributed by atoms with van der Waals surface area (Å²) < 4.78 is 24.2. The second-order valence-corrected chi connectivity index (χ2v) is 7.74. The molecule has 1 aliphatic carbocycles. The predicted octanol–water partition coefficient (Wildman–Crippen LogP) is 0.294. The Hall–Kier alpha value is -0.620. The fourth-order valence-corrected chi connectivity index (χ4v) is 4.68. The van der Waals surface area contributed by atoms with Gasteiger partial charge in [-0.2, -0.15) is 0 Å². The minimum atomic E-state index is -3.26. The number of nitrogens with two attached hydrogens (primary N) is 1. The fourth-order valence-electron chi connectivity index (χ4n) is 2.87. The second kappa shape index (κ2) is 5.57. The number of hydrogen-bond donors (Lipinski definition) is 1.